The van der Waals surface area contributed by atoms with Crippen LogP contribution >= 0.6 is 0 Å². The second-order valence-electron chi connectivity index (χ2n) is 2.66. The fourth-order valence-electron chi connectivity index (χ4n) is 0.747. The number of aliphatic imine (C=N–C) groups is 1. The van der Waals surface area contributed by atoms with Crippen LogP contribution in [0, 0.1) is 0 Å². The monoisotopic (exact) mass is 223 g/mol. The molecule has 0 heterocycles. The first-order valence-corrected chi connectivity index (χ1v) is 6.00. The number of hydrogen-bond acceptors (Lipinski definition) is 4. The summed E-state index contributed by atoms with van der Waals surface area (Å²) < 4.78 is 23.7. The van der Waals surface area contributed by atoms with E-state index in [1.165, 1.54) is 0 Å². The van der Waals surface area contributed by atoms with E-state index in [9.17, 15) is 8.42 Å². The molecule has 84 valence electrons. The summed E-state index contributed by atoms with van der Waals surface area (Å²) in [5.74, 6) is 5.59. The normalized spacial score (nSPS) is 12.6. The molecule has 0 aliphatic heterocycles. The minimum atomic E-state index is -3.08. The van der Waals surface area contributed by atoms with Crippen molar-refractivity contribution in [3.63, 3.8) is 0 Å². The van der Waals surface area contributed by atoms with E-state index in [-0.39, 0.29) is 0 Å². The summed E-state index contributed by atoms with van der Waals surface area (Å²) in [6.45, 7) is 0.993. The second-order valence-corrected chi connectivity index (χ2v) is 4.50. The number of hydrogen-bond donors (Lipinski definition) is 4. The molecule has 0 unspecified atom stereocenters. The summed E-state index contributed by atoms with van der Waals surface area (Å²) in [6.07, 6.45) is 1.79. The fraction of sp³-hybridized carbons (Fsp3) is 0.833. The smallest absolute Gasteiger partial charge is 0.208 e. The lowest BCUT2D eigenvalue weighted by Gasteiger charge is -2.07. The number of nitrogens with two attached hydrogens (primary N) is 1. The van der Waals surface area contributed by atoms with Crippen molar-refractivity contribution in [2.24, 2.45) is 10.8 Å². The molecule has 0 aliphatic rings. The summed E-state index contributed by atoms with van der Waals surface area (Å²) in [4.78, 5) is 3.78. The third-order valence-electron chi connectivity index (χ3n) is 1.37. The van der Waals surface area contributed by atoms with Crippen LogP contribution in [0.3, 0.4) is 0 Å². The van der Waals surface area contributed by atoms with E-state index in [1.807, 2.05) is 0 Å². The Hall–Kier alpha value is -0.860. The molecular formula is C6H17N5O2S. The predicted molar refractivity (Wildman–Crippen MR) is 56.1 cm³/mol. The minimum absolute atomic E-state index is 0.396. The number of nitrogens with zero attached hydrogens (tertiary/aromatic N) is 1. The van der Waals surface area contributed by atoms with Crippen LogP contribution < -0.4 is 21.3 Å². The van der Waals surface area contributed by atoms with Crippen molar-refractivity contribution in [3.8, 4) is 0 Å². The number of rotatable bonds is 5. The van der Waals surface area contributed by atoms with Gasteiger partial charge >= 0.3 is 0 Å². The highest BCUT2D eigenvalue weighted by molar-refractivity contribution is 7.88. The number of nitrogens with one attached hydrogen (secondary N) is 3. The average molecular weight is 223 g/mol. The van der Waals surface area contributed by atoms with E-state index in [2.05, 4.69) is 20.5 Å². The third kappa shape index (κ3) is 7.77. The van der Waals surface area contributed by atoms with Crippen molar-refractivity contribution < 1.29 is 8.42 Å². The lowest BCUT2D eigenvalue weighted by atomic mass is 10.4. The SMILES string of the molecule is CN=C(NN)NCCCNS(C)(=O)=O. The molecule has 0 rings (SSSR count). The molecule has 7 nitrogen and oxygen atoms in total. The molecule has 0 amide bonds. The van der Waals surface area contributed by atoms with Gasteiger partial charge in [-0.3, -0.25) is 10.4 Å². The molecule has 0 spiro atoms. The van der Waals surface area contributed by atoms with E-state index in [0.717, 1.165) is 6.26 Å². The second kappa shape index (κ2) is 6.57. The number of hydrazine groups is 1. The summed E-state index contributed by atoms with van der Waals surface area (Å²) in [5, 5.41) is 2.88. The van der Waals surface area contributed by atoms with E-state index in [1.54, 1.807) is 7.05 Å². The van der Waals surface area contributed by atoms with Crippen molar-refractivity contribution >= 4 is 16.0 Å². The summed E-state index contributed by atoms with van der Waals surface area (Å²) in [7, 11) is -1.49. The van der Waals surface area contributed by atoms with Crippen molar-refractivity contribution in [2.75, 3.05) is 26.4 Å². The van der Waals surface area contributed by atoms with Crippen LogP contribution in [0.5, 0.6) is 0 Å². The largest absolute Gasteiger partial charge is 0.355 e. The standard InChI is InChI=1S/C6H17N5O2S/c1-8-6(11-7)9-4-3-5-10-14(2,12)13/h10H,3-5,7H2,1-2H3,(H2,8,9,11). The molecule has 0 bridgehead atoms. The highest BCUT2D eigenvalue weighted by atomic mass is 32.2. The molecule has 0 atom stereocenters. The van der Waals surface area contributed by atoms with Gasteiger partial charge in [-0.1, -0.05) is 0 Å². The van der Waals surface area contributed by atoms with Gasteiger partial charge in [-0.05, 0) is 6.42 Å². The molecule has 0 saturated carbocycles. The predicted octanol–water partition coefficient (Wildman–Crippen LogP) is -2.04. The van der Waals surface area contributed by atoms with Gasteiger partial charge < -0.3 is 5.32 Å². The molecule has 0 fully saturated rings. The Morgan fingerprint density at radius 1 is 1.43 bits per heavy atom. The molecule has 8 heteroatoms. The topological polar surface area (TPSA) is 109 Å². The minimum Gasteiger partial charge on any atom is -0.355 e. The molecule has 0 aromatic rings. The van der Waals surface area contributed by atoms with Crippen LogP contribution in [-0.4, -0.2) is 40.8 Å². The van der Waals surface area contributed by atoms with Crippen LogP contribution in [-0.2, 0) is 10.0 Å². The van der Waals surface area contributed by atoms with Gasteiger partial charge in [-0.15, -0.1) is 0 Å². The van der Waals surface area contributed by atoms with E-state index >= 15 is 0 Å². The zero-order valence-electron chi connectivity index (χ0n) is 8.37. The number of sulfonamides is 1. The van der Waals surface area contributed by atoms with Gasteiger partial charge in [-0.25, -0.2) is 19.0 Å². The molecular weight excluding hydrogens is 206 g/mol. The Labute approximate surface area is 84.2 Å². The van der Waals surface area contributed by atoms with Gasteiger partial charge in [0.15, 0.2) is 0 Å². The number of guanidine groups is 1. The molecule has 0 aromatic carbocycles. The van der Waals surface area contributed by atoms with E-state index in [4.69, 9.17) is 5.84 Å². The zero-order chi connectivity index (χ0) is 11.0. The van der Waals surface area contributed by atoms with Gasteiger partial charge in [0.25, 0.3) is 0 Å². The van der Waals surface area contributed by atoms with Gasteiger partial charge in [0.05, 0.1) is 6.26 Å². The molecule has 0 saturated heterocycles. The maximum atomic E-state index is 10.7. The summed E-state index contributed by atoms with van der Waals surface area (Å²) >= 11 is 0. The van der Waals surface area contributed by atoms with Crippen LogP contribution in [0.15, 0.2) is 4.99 Å². The Morgan fingerprint density at radius 2 is 2.07 bits per heavy atom. The Kier molecular flexibility index (Phi) is 6.17. The first-order chi connectivity index (χ1) is 6.49. The van der Waals surface area contributed by atoms with Gasteiger partial charge in [0.1, 0.15) is 0 Å². The van der Waals surface area contributed by atoms with Crippen LogP contribution in [0.4, 0.5) is 0 Å². The maximum absolute atomic E-state index is 10.7. The van der Waals surface area contributed by atoms with Gasteiger partial charge in [0, 0.05) is 20.1 Å². The lowest BCUT2D eigenvalue weighted by molar-refractivity contribution is 0.584. The lowest BCUT2D eigenvalue weighted by Crippen LogP contribution is -2.42. The first-order valence-electron chi connectivity index (χ1n) is 4.11. The van der Waals surface area contributed by atoms with Gasteiger partial charge in [0.2, 0.25) is 16.0 Å². The highest BCUT2D eigenvalue weighted by Crippen LogP contribution is 1.78. The van der Waals surface area contributed by atoms with E-state index < -0.39 is 10.0 Å². The Balaban J connectivity index is 3.48. The van der Waals surface area contributed by atoms with Crippen LogP contribution in [0.1, 0.15) is 6.42 Å². The van der Waals surface area contributed by atoms with Crippen molar-refractivity contribution in [2.45, 2.75) is 6.42 Å². The molecule has 5 N–H and O–H groups in total. The third-order valence-corrected chi connectivity index (χ3v) is 2.10. The van der Waals surface area contributed by atoms with Gasteiger partial charge in [-0.2, -0.15) is 0 Å². The maximum Gasteiger partial charge on any atom is 0.208 e. The highest BCUT2D eigenvalue weighted by Gasteiger charge is 1.98. The molecule has 14 heavy (non-hydrogen) atoms. The average Bonchev–Trinajstić information content (AvgIpc) is 2.09. The van der Waals surface area contributed by atoms with Crippen LogP contribution in [0.2, 0.25) is 0 Å². The van der Waals surface area contributed by atoms with E-state index in [0.29, 0.717) is 25.5 Å². The van der Waals surface area contributed by atoms with Crippen molar-refractivity contribution in [1.29, 1.82) is 0 Å². The van der Waals surface area contributed by atoms with Crippen molar-refractivity contribution in [1.82, 2.24) is 15.5 Å². The fourth-order valence-corrected chi connectivity index (χ4v) is 1.26. The summed E-state index contributed by atoms with van der Waals surface area (Å²) in [5.41, 5.74) is 2.36. The first kappa shape index (κ1) is 13.1. The zero-order valence-corrected chi connectivity index (χ0v) is 9.19. The molecule has 0 aliphatic carbocycles. The summed E-state index contributed by atoms with van der Waals surface area (Å²) in [6, 6.07) is 0. The quantitative estimate of drug-likeness (QED) is 0.141. The van der Waals surface area contributed by atoms with Crippen molar-refractivity contribution in [3.05, 3.63) is 0 Å². The molecule has 0 radical (unpaired) electrons. The Morgan fingerprint density at radius 3 is 2.50 bits per heavy atom. The molecule has 0 aromatic heterocycles. The van der Waals surface area contributed by atoms with Crippen LogP contribution in [0.25, 0.3) is 0 Å². The Bertz CT molecular complexity index is 274.